The number of nitrogens with zero attached hydrogens (tertiary/aromatic N) is 5. The molecule has 186 valence electrons. The highest BCUT2D eigenvalue weighted by molar-refractivity contribution is 5.96. The lowest BCUT2D eigenvalue weighted by molar-refractivity contribution is 0.539. The Kier molecular flexibility index (Phi) is 5.80. The summed E-state index contributed by atoms with van der Waals surface area (Å²) in [6.07, 6.45) is 3.25. The molecule has 0 bridgehead atoms. The third-order valence-corrected chi connectivity index (χ3v) is 6.43. The molecule has 1 N–H and O–H groups in total. The molecule has 0 saturated heterocycles. The summed E-state index contributed by atoms with van der Waals surface area (Å²) in [5, 5.41) is 4.69. The van der Waals surface area contributed by atoms with Gasteiger partial charge in [0.2, 0.25) is 0 Å². The number of hydrogen-bond donors (Lipinski definition) is 1. The minimum absolute atomic E-state index is 0.268. The standard InChI is InChI=1S/C29H20F2N6O/c1-17(36-27-26-22(30)11-6-12-23(26)34-16-35-27)24-13-18-7-5-10-21(19-14-32-29(31)33-15-19)25(18)28(38)37(24)20-8-3-2-4-9-20/h2-17H,1H3,(H,34,35,36)/t17-/m0/s1. The molecule has 0 aliphatic carbocycles. The lowest BCUT2D eigenvalue weighted by Crippen LogP contribution is -2.26. The van der Waals surface area contributed by atoms with Gasteiger partial charge in [0.15, 0.2) is 0 Å². The Hall–Kier alpha value is -5.05. The van der Waals surface area contributed by atoms with Crippen molar-refractivity contribution in [2.45, 2.75) is 13.0 Å². The summed E-state index contributed by atoms with van der Waals surface area (Å²) in [7, 11) is 0. The number of rotatable bonds is 5. The highest BCUT2D eigenvalue weighted by Crippen LogP contribution is 2.31. The normalized spacial score (nSPS) is 12.1. The number of benzene rings is 3. The highest BCUT2D eigenvalue weighted by Gasteiger charge is 2.20. The first-order valence-corrected chi connectivity index (χ1v) is 11.9. The minimum atomic E-state index is -0.841. The molecule has 9 heteroatoms. The van der Waals surface area contributed by atoms with E-state index in [9.17, 15) is 13.6 Å². The van der Waals surface area contributed by atoms with Gasteiger partial charge in [-0.2, -0.15) is 4.39 Å². The minimum Gasteiger partial charge on any atom is -0.361 e. The van der Waals surface area contributed by atoms with Gasteiger partial charge in [0.25, 0.3) is 5.56 Å². The van der Waals surface area contributed by atoms with E-state index < -0.39 is 17.9 Å². The van der Waals surface area contributed by atoms with Crippen molar-refractivity contribution in [3.63, 3.8) is 0 Å². The maximum absolute atomic E-state index is 14.7. The van der Waals surface area contributed by atoms with E-state index in [1.54, 1.807) is 22.8 Å². The number of halogens is 2. The number of fused-ring (bicyclic) bond motifs is 2. The van der Waals surface area contributed by atoms with Gasteiger partial charge in [0.1, 0.15) is 18.0 Å². The molecule has 1 atom stereocenters. The van der Waals surface area contributed by atoms with Crippen molar-refractivity contribution in [3.05, 3.63) is 119 Å². The van der Waals surface area contributed by atoms with Crippen LogP contribution in [0.1, 0.15) is 18.7 Å². The summed E-state index contributed by atoms with van der Waals surface area (Å²) in [6, 6.07) is 20.8. The van der Waals surface area contributed by atoms with E-state index in [2.05, 4.69) is 25.3 Å². The van der Waals surface area contributed by atoms with Crippen LogP contribution in [0.5, 0.6) is 0 Å². The molecular weight excluding hydrogens is 486 g/mol. The van der Waals surface area contributed by atoms with Gasteiger partial charge in [-0.1, -0.05) is 42.5 Å². The predicted molar refractivity (Wildman–Crippen MR) is 142 cm³/mol. The van der Waals surface area contributed by atoms with Crippen LogP contribution in [-0.4, -0.2) is 24.5 Å². The second kappa shape index (κ2) is 9.44. The Balaban J connectivity index is 1.57. The van der Waals surface area contributed by atoms with Crippen molar-refractivity contribution in [2.75, 3.05) is 5.32 Å². The zero-order valence-corrected chi connectivity index (χ0v) is 20.1. The van der Waals surface area contributed by atoms with Gasteiger partial charge in [-0.25, -0.2) is 24.3 Å². The summed E-state index contributed by atoms with van der Waals surface area (Å²) in [5.74, 6) is -0.118. The molecule has 0 amide bonds. The number of hydrogen-bond acceptors (Lipinski definition) is 6. The Morgan fingerprint density at radius 1 is 0.842 bits per heavy atom. The maximum atomic E-state index is 14.7. The molecule has 3 heterocycles. The Morgan fingerprint density at radius 3 is 2.39 bits per heavy atom. The van der Waals surface area contributed by atoms with Gasteiger partial charge < -0.3 is 5.32 Å². The maximum Gasteiger partial charge on any atom is 0.308 e. The van der Waals surface area contributed by atoms with Crippen molar-refractivity contribution in [1.29, 1.82) is 0 Å². The number of para-hydroxylation sites is 1. The quantitative estimate of drug-likeness (QED) is 0.296. The number of pyridine rings is 1. The van der Waals surface area contributed by atoms with Crippen LogP contribution in [0.4, 0.5) is 14.6 Å². The fourth-order valence-corrected chi connectivity index (χ4v) is 4.69. The van der Waals surface area contributed by atoms with Crippen molar-refractivity contribution in [1.82, 2.24) is 24.5 Å². The van der Waals surface area contributed by atoms with Crippen molar-refractivity contribution in [3.8, 4) is 16.8 Å². The number of anilines is 1. The Bertz CT molecular complexity index is 1850. The molecule has 7 nitrogen and oxygen atoms in total. The average molecular weight is 507 g/mol. The molecule has 3 aromatic carbocycles. The molecule has 6 aromatic rings. The SMILES string of the molecule is C[C@H](Nc1ncnc2cccc(F)c12)c1cc2cccc(-c3cnc(F)nc3)c2c(=O)n1-c1ccccc1. The summed E-state index contributed by atoms with van der Waals surface area (Å²) in [4.78, 5) is 29.9. The number of nitrogens with one attached hydrogen (secondary N) is 1. The fourth-order valence-electron chi connectivity index (χ4n) is 4.69. The average Bonchev–Trinajstić information content (AvgIpc) is 2.93. The van der Waals surface area contributed by atoms with Crippen molar-refractivity contribution >= 4 is 27.5 Å². The van der Waals surface area contributed by atoms with Crippen LogP contribution < -0.4 is 10.9 Å². The topological polar surface area (TPSA) is 85.6 Å². The monoisotopic (exact) mass is 506 g/mol. The molecule has 0 radical (unpaired) electrons. The summed E-state index contributed by atoms with van der Waals surface area (Å²) >= 11 is 0. The molecule has 0 aliphatic rings. The zero-order valence-electron chi connectivity index (χ0n) is 20.1. The Labute approximate surface area is 215 Å². The van der Waals surface area contributed by atoms with Crippen LogP contribution in [0.25, 0.3) is 38.5 Å². The second-order valence-electron chi connectivity index (χ2n) is 8.78. The van der Waals surface area contributed by atoms with Crippen LogP contribution in [0, 0.1) is 11.9 Å². The lowest BCUT2D eigenvalue weighted by atomic mass is 9.99. The first kappa shape index (κ1) is 23.4. The van der Waals surface area contributed by atoms with Gasteiger partial charge >= 0.3 is 6.08 Å². The molecule has 6 rings (SSSR count). The van der Waals surface area contributed by atoms with Gasteiger partial charge in [0.05, 0.1) is 22.3 Å². The molecule has 0 unspecified atom stereocenters. The smallest absolute Gasteiger partial charge is 0.308 e. The molecule has 0 saturated carbocycles. The van der Waals surface area contributed by atoms with E-state index in [1.165, 1.54) is 24.8 Å². The molecule has 0 fully saturated rings. The van der Waals surface area contributed by atoms with E-state index in [-0.39, 0.29) is 10.9 Å². The largest absolute Gasteiger partial charge is 0.361 e. The van der Waals surface area contributed by atoms with E-state index in [1.807, 2.05) is 55.5 Å². The van der Waals surface area contributed by atoms with Crippen LogP contribution in [0.3, 0.4) is 0 Å². The molecule has 38 heavy (non-hydrogen) atoms. The molecular formula is C29H20F2N6O. The summed E-state index contributed by atoms with van der Waals surface area (Å²) in [6.45, 7) is 1.88. The van der Waals surface area contributed by atoms with Crippen LogP contribution in [0.15, 0.2) is 96.3 Å². The third kappa shape index (κ3) is 4.03. The van der Waals surface area contributed by atoms with Crippen LogP contribution in [0.2, 0.25) is 0 Å². The molecule has 3 aromatic heterocycles. The van der Waals surface area contributed by atoms with E-state index in [0.717, 1.165) is 0 Å². The first-order valence-electron chi connectivity index (χ1n) is 11.9. The molecule has 0 aliphatic heterocycles. The van der Waals surface area contributed by atoms with E-state index >= 15 is 0 Å². The van der Waals surface area contributed by atoms with E-state index in [4.69, 9.17) is 0 Å². The van der Waals surface area contributed by atoms with Gasteiger partial charge in [-0.3, -0.25) is 9.36 Å². The molecule has 0 spiro atoms. The van der Waals surface area contributed by atoms with Crippen molar-refractivity contribution < 1.29 is 8.78 Å². The van der Waals surface area contributed by atoms with Gasteiger partial charge in [0, 0.05) is 29.3 Å². The summed E-state index contributed by atoms with van der Waals surface area (Å²) in [5.41, 5.74) is 2.62. The number of aromatic nitrogens is 5. The Morgan fingerprint density at radius 2 is 1.61 bits per heavy atom. The fraction of sp³-hybridized carbons (Fsp3) is 0.0690. The first-order chi connectivity index (χ1) is 18.5. The third-order valence-electron chi connectivity index (χ3n) is 6.43. The predicted octanol–water partition coefficient (Wildman–Crippen LogP) is 5.84. The van der Waals surface area contributed by atoms with Crippen LogP contribution in [-0.2, 0) is 0 Å². The highest BCUT2D eigenvalue weighted by atomic mass is 19.1. The zero-order chi connectivity index (χ0) is 26.2. The summed E-state index contributed by atoms with van der Waals surface area (Å²) < 4.78 is 29.8. The lowest BCUT2D eigenvalue weighted by Gasteiger charge is -2.22. The van der Waals surface area contributed by atoms with Gasteiger partial charge in [-0.15, -0.1) is 0 Å². The van der Waals surface area contributed by atoms with Gasteiger partial charge in [-0.05, 0) is 48.2 Å². The van der Waals surface area contributed by atoms with Crippen molar-refractivity contribution in [2.24, 2.45) is 0 Å². The van der Waals surface area contributed by atoms with Crippen LogP contribution >= 0.6 is 0 Å². The second-order valence-corrected chi connectivity index (χ2v) is 8.78. The van der Waals surface area contributed by atoms with E-state index in [0.29, 0.717) is 44.6 Å².